The van der Waals surface area contributed by atoms with Crippen LogP contribution in [0.15, 0.2) is 0 Å². The van der Waals surface area contributed by atoms with Crippen LogP contribution in [0.4, 0.5) is 0 Å². The van der Waals surface area contributed by atoms with Crippen LogP contribution in [-0.2, 0) is 9.59 Å². The number of amides is 1. The van der Waals surface area contributed by atoms with E-state index in [1.165, 1.54) is 4.90 Å². The summed E-state index contributed by atoms with van der Waals surface area (Å²) in [6, 6.07) is 0. The van der Waals surface area contributed by atoms with Gasteiger partial charge in [-0.1, -0.05) is 0 Å². The quantitative estimate of drug-likeness (QED) is 0.658. The lowest BCUT2D eigenvalue weighted by Crippen LogP contribution is -2.60. The predicted octanol–water partition coefficient (Wildman–Crippen LogP) is -0.199. The lowest BCUT2D eigenvalue weighted by Gasteiger charge is -2.39. The highest BCUT2D eigenvalue weighted by Gasteiger charge is 2.42. The van der Waals surface area contributed by atoms with E-state index in [1.807, 2.05) is 0 Å². The molecule has 1 saturated carbocycles. The van der Waals surface area contributed by atoms with E-state index in [2.05, 4.69) is 0 Å². The van der Waals surface area contributed by atoms with Gasteiger partial charge in [0, 0.05) is 6.54 Å². The van der Waals surface area contributed by atoms with Gasteiger partial charge >= 0.3 is 5.97 Å². The Morgan fingerprint density at radius 3 is 2.36 bits per heavy atom. The second-order valence-electron chi connectivity index (χ2n) is 3.72. The Hall–Kier alpha value is -1.10. The summed E-state index contributed by atoms with van der Waals surface area (Å²) < 4.78 is 0. The molecule has 1 aliphatic carbocycles. The first-order valence-electron chi connectivity index (χ1n) is 4.79. The maximum Gasteiger partial charge on any atom is 0.323 e. The highest BCUT2D eigenvalue weighted by molar-refractivity contribution is 5.89. The van der Waals surface area contributed by atoms with Crippen LogP contribution >= 0.6 is 0 Å². The number of carboxylic acids is 1. The van der Waals surface area contributed by atoms with Crippen LogP contribution in [0.2, 0.25) is 0 Å². The van der Waals surface area contributed by atoms with Crippen molar-refractivity contribution >= 4 is 11.9 Å². The van der Waals surface area contributed by atoms with Crippen molar-refractivity contribution in [2.45, 2.75) is 31.7 Å². The zero-order chi connectivity index (χ0) is 10.8. The van der Waals surface area contributed by atoms with Gasteiger partial charge in [0.25, 0.3) is 0 Å². The Morgan fingerprint density at radius 2 is 2.07 bits per heavy atom. The highest BCUT2D eigenvalue weighted by Crippen LogP contribution is 2.30. The van der Waals surface area contributed by atoms with Gasteiger partial charge in [-0.15, -0.1) is 0 Å². The molecule has 0 spiro atoms. The van der Waals surface area contributed by atoms with Crippen molar-refractivity contribution in [1.29, 1.82) is 0 Å². The summed E-state index contributed by atoms with van der Waals surface area (Å²) >= 11 is 0. The fourth-order valence-corrected chi connectivity index (χ4v) is 1.58. The Kier molecular flexibility index (Phi) is 3.10. The van der Waals surface area contributed by atoms with E-state index in [0.29, 0.717) is 19.4 Å². The van der Waals surface area contributed by atoms with Crippen LogP contribution < -0.4 is 5.73 Å². The van der Waals surface area contributed by atoms with Gasteiger partial charge in [0.2, 0.25) is 5.91 Å². The van der Waals surface area contributed by atoms with Crippen molar-refractivity contribution in [2.75, 3.05) is 13.1 Å². The molecular formula is C9H16N2O3. The third-order valence-electron chi connectivity index (χ3n) is 2.67. The zero-order valence-electron chi connectivity index (χ0n) is 8.32. The molecule has 0 heterocycles. The van der Waals surface area contributed by atoms with Crippen LogP contribution in [0.3, 0.4) is 0 Å². The first-order valence-corrected chi connectivity index (χ1v) is 4.79. The summed E-state index contributed by atoms with van der Waals surface area (Å²) in [5.41, 5.74) is 5.03. The summed E-state index contributed by atoms with van der Waals surface area (Å²) in [6.07, 6.45) is 2.29. The number of carboxylic acid groups (broad SMARTS) is 1. The van der Waals surface area contributed by atoms with Gasteiger partial charge in [-0.25, -0.2) is 0 Å². The summed E-state index contributed by atoms with van der Waals surface area (Å²) in [4.78, 5) is 23.5. The fourth-order valence-electron chi connectivity index (χ4n) is 1.58. The van der Waals surface area contributed by atoms with Crippen LogP contribution in [0, 0.1) is 0 Å². The van der Waals surface area contributed by atoms with Crippen LogP contribution in [-0.4, -0.2) is 40.5 Å². The first-order chi connectivity index (χ1) is 6.49. The fraction of sp³-hybridized carbons (Fsp3) is 0.778. The van der Waals surface area contributed by atoms with E-state index in [-0.39, 0.29) is 12.5 Å². The molecule has 0 aromatic heterocycles. The van der Waals surface area contributed by atoms with Crippen LogP contribution in [0.25, 0.3) is 0 Å². The molecule has 5 heteroatoms. The third-order valence-corrected chi connectivity index (χ3v) is 2.67. The normalized spacial score (nSPS) is 18.4. The summed E-state index contributed by atoms with van der Waals surface area (Å²) in [6.45, 7) is 1.89. The SMILES string of the molecule is CCN(CC(=O)O)C(=O)C1(N)CCC1. The molecule has 1 aliphatic rings. The number of hydrogen-bond acceptors (Lipinski definition) is 3. The molecule has 0 aliphatic heterocycles. The van der Waals surface area contributed by atoms with E-state index < -0.39 is 11.5 Å². The minimum atomic E-state index is -0.997. The maximum atomic E-state index is 11.8. The molecule has 0 aromatic rings. The molecule has 1 amide bonds. The number of rotatable bonds is 4. The summed E-state index contributed by atoms with van der Waals surface area (Å²) in [7, 11) is 0. The van der Waals surface area contributed by atoms with Crippen molar-refractivity contribution in [2.24, 2.45) is 5.73 Å². The molecule has 0 atom stereocenters. The van der Waals surface area contributed by atoms with Crippen LogP contribution in [0.1, 0.15) is 26.2 Å². The maximum absolute atomic E-state index is 11.8. The van der Waals surface area contributed by atoms with Gasteiger partial charge in [-0.3, -0.25) is 9.59 Å². The number of carbonyl (C=O) groups is 2. The average molecular weight is 200 g/mol. The van der Waals surface area contributed by atoms with Gasteiger partial charge in [-0.2, -0.15) is 0 Å². The minimum Gasteiger partial charge on any atom is -0.480 e. The third kappa shape index (κ3) is 2.04. The molecule has 1 rings (SSSR count). The lowest BCUT2D eigenvalue weighted by molar-refractivity contribution is -0.148. The molecule has 14 heavy (non-hydrogen) atoms. The topological polar surface area (TPSA) is 83.6 Å². The first kappa shape index (κ1) is 11.0. The van der Waals surface area contributed by atoms with E-state index >= 15 is 0 Å². The summed E-state index contributed by atoms with van der Waals surface area (Å²) in [5, 5.41) is 8.59. The van der Waals surface area contributed by atoms with Gasteiger partial charge in [-0.05, 0) is 26.2 Å². The lowest BCUT2D eigenvalue weighted by atomic mass is 9.76. The van der Waals surface area contributed by atoms with Gasteiger partial charge < -0.3 is 15.7 Å². The monoisotopic (exact) mass is 200 g/mol. The number of carbonyl (C=O) groups excluding carboxylic acids is 1. The minimum absolute atomic E-state index is 0.228. The van der Waals surface area contributed by atoms with E-state index in [9.17, 15) is 9.59 Å². The number of hydrogen-bond donors (Lipinski definition) is 2. The Labute approximate surface area is 82.9 Å². The Morgan fingerprint density at radius 1 is 1.50 bits per heavy atom. The van der Waals surface area contributed by atoms with Crippen molar-refractivity contribution < 1.29 is 14.7 Å². The molecule has 0 unspecified atom stereocenters. The molecule has 0 radical (unpaired) electrons. The Balaban J connectivity index is 2.60. The van der Waals surface area contributed by atoms with E-state index in [4.69, 9.17) is 10.8 Å². The molecular weight excluding hydrogens is 184 g/mol. The number of nitrogens with zero attached hydrogens (tertiary/aromatic N) is 1. The second-order valence-corrected chi connectivity index (χ2v) is 3.72. The summed E-state index contributed by atoms with van der Waals surface area (Å²) in [5.74, 6) is -1.23. The largest absolute Gasteiger partial charge is 0.480 e. The van der Waals surface area contributed by atoms with Crippen molar-refractivity contribution in [3.8, 4) is 0 Å². The Bertz CT molecular complexity index is 248. The van der Waals surface area contributed by atoms with E-state index in [1.54, 1.807) is 6.92 Å². The molecule has 5 nitrogen and oxygen atoms in total. The molecule has 80 valence electrons. The molecule has 1 fully saturated rings. The molecule has 3 N–H and O–H groups in total. The predicted molar refractivity (Wildman–Crippen MR) is 50.7 cm³/mol. The second kappa shape index (κ2) is 3.96. The average Bonchev–Trinajstić information content (AvgIpc) is 2.08. The van der Waals surface area contributed by atoms with Gasteiger partial charge in [0.1, 0.15) is 6.54 Å². The van der Waals surface area contributed by atoms with Crippen LogP contribution in [0.5, 0.6) is 0 Å². The van der Waals surface area contributed by atoms with Crippen molar-refractivity contribution in [1.82, 2.24) is 4.90 Å². The zero-order valence-corrected chi connectivity index (χ0v) is 8.32. The molecule has 0 saturated heterocycles. The van der Waals surface area contributed by atoms with Gasteiger partial charge in [0.05, 0.1) is 5.54 Å². The number of likely N-dealkylation sites (N-methyl/N-ethyl adjacent to an activating group) is 1. The number of aliphatic carboxylic acids is 1. The molecule has 0 bridgehead atoms. The highest BCUT2D eigenvalue weighted by atomic mass is 16.4. The number of nitrogens with two attached hydrogens (primary N) is 1. The molecule has 0 aromatic carbocycles. The smallest absolute Gasteiger partial charge is 0.323 e. The van der Waals surface area contributed by atoms with Gasteiger partial charge in [0.15, 0.2) is 0 Å². The van der Waals surface area contributed by atoms with Crippen molar-refractivity contribution in [3.63, 3.8) is 0 Å². The van der Waals surface area contributed by atoms with E-state index in [0.717, 1.165) is 6.42 Å². The van der Waals surface area contributed by atoms with Crippen molar-refractivity contribution in [3.05, 3.63) is 0 Å². The standard InChI is InChI=1S/C9H16N2O3/c1-2-11(6-7(12)13)8(14)9(10)4-3-5-9/h2-6,10H2,1H3,(H,12,13).